The summed E-state index contributed by atoms with van der Waals surface area (Å²) in [4.78, 5) is -0.469. The maximum absolute atomic E-state index is 12.1. The van der Waals surface area contributed by atoms with Crippen LogP contribution in [0, 0.1) is 11.3 Å². The first-order valence-electron chi connectivity index (χ1n) is 5.95. The molecule has 0 unspecified atom stereocenters. The van der Waals surface area contributed by atoms with Gasteiger partial charge in [-0.2, -0.15) is 5.26 Å². The molecule has 0 aliphatic rings. The highest BCUT2D eigenvalue weighted by molar-refractivity contribution is 7.95. The number of aromatic nitrogens is 1. The van der Waals surface area contributed by atoms with Crippen LogP contribution < -0.4 is 0 Å². The monoisotopic (exact) mass is 316 g/mol. The third-order valence-electron chi connectivity index (χ3n) is 2.59. The first-order chi connectivity index (χ1) is 9.22. The van der Waals surface area contributed by atoms with Crippen molar-refractivity contribution in [1.29, 1.82) is 5.26 Å². The van der Waals surface area contributed by atoms with E-state index in [1.807, 2.05) is 6.92 Å². The van der Waals surface area contributed by atoms with E-state index in [1.165, 1.54) is 18.3 Å². The molecule has 6 nitrogen and oxygen atoms in total. The van der Waals surface area contributed by atoms with Crippen LogP contribution >= 0.6 is 0 Å². The molecule has 1 rings (SSSR count). The van der Waals surface area contributed by atoms with Crippen LogP contribution in [0.25, 0.3) is 6.08 Å². The molecule has 0 aliphatic heterocycles. The van der Waals surface area contributed by atoms with Gasteiger partial charge >= 0.3 is 0 Å². The summed E-state index contributed by atoms with van der Waals surface area (Å²) in [6.45, 7) is 1.88. The molecule has 0 spiro atoms. The van der Waals surface area contributed by atoms with E-state index < -0.39 is 24.8 Å². The molecule has 0 aromatic carbocycles. The van der Waals surface area contributed by atoms with Crippen molar-refractivity contribution in [2.45, 2.75) is 19.8 Å². The quantitative estimate of drug-likeness (QED) is 0.738. The molecule has 110 valence electrons. The maximum atomic E-state index is 12.1. The van der Waals surface area contributed by atoms with Crippen LogP contribution in [0.5, 0.6) is 0 Å². The second-order valence-electron chi connectivity index (χ2n) is 4.29. The molecule has 1 heterocycles. The molecule has 0 saturated heterocycles. The fourth-order valence-corrected chi connectivity index (χ4v) is 3.57. The van der Waals surface area contributed by atoms with Gasteiger partial charge in [0.05, 0.1) is 11.4 Å². The number of allylic oxidation sites excluding steroid dienone is 1. The highest BCUT2D eigenvalue weighted by Gasteiger charge is 2.17. The Morgan fingerprint density at radius 2 is 2.05 bits per heavy atom. The maximum Gasteiger partial charge on any atom is 0.238 e. The first-order valence-corrected chi connectivity index (χ1v) is 9.45. The van der Waals surface area contributed by atoms with Crippen molar-refractivity contribution in [1.82, 2.24) is 3.97 Å². The van der Waals surface area contributed by atoms with Crippen LogP contribution in [0.15, 0.2) is 23.2 Å². The second-order valence-corrected chi connectivity index (χ2v) is 8.24. The second kappa shape index (κ2) is 6.24. The number of unbranched alkanes of at least 4 members (excludes halogenated alkanes) is 1. The van der Waals surface area contributed by atoms with Crippen molar-refractivity contribution in [2.24, 2.45) is 0 Å². The van der Waals surface area contributed by atoms with Crippen LogP contribution in [0.2, 0.25) is 0 Å². The largest absolute Gasteiger partial charge is 0.246 e. The number of nitriles is 1. The molecule has 0 bridgehead atoms. The number of hydrogen-bond acceptors (Lipinski definition) is 5. The highest BCUT2D eigenvalue weighted by Crippen LogP contribution is 2.15. The fraction of sp³-hybridized carbons (Fsp3) is 0.417. The van der Waals surface area contributed by atoms with Gasteiger partial charge in [0, 0.05) is 12.5 Å². The highest BCUT2D eigenvalue weighted by atomic mass is 32.2. The summed E-state index contributed by atoms with van der Waals surface area (Å²) < 4.78 is 47.9. The standard InChI is InChI=1S/C12H16N2O4S2/c1-3-4-8-20(17,18)14-7-5-6-11(14)9-12(10-13)19(2,15)16/h5-7,9H,3-4,8H2,1-2H3/b12-9+. The Bertz CT molecular complexity index is 750. The van der Waals surface area contributed by atoms with Crippen molar-refractivity contribution in [3.8, 4) is 6.07 Å². The first kappa shape index (κ1) is 16.5. The normalized spacial score (nSPS) is 13.2. The lowest BCUT2D eigenvalue weighted by Crippen LogP contribution is -2.17. The van der Waals surface area contributed by atoms with E-state index in [9.17, 15) is 16.8 Å². The molecular weight excluding hydrogens is 300 g/mol. The van der Waals surface area contributed by atoms with Crippen molar-refractivity contribution in [3.05, 3.63) is 28.9 Å². The molecule has 1 aromatic rings. The zero-order valence-electron chi connectivity index (χ0n) is 11.3. The molecular formula is C12H16N2O4S2. The van der Waals surface area contributed by atoms with Gasteiger partial charge in [0.15, 0.2) is 9.84 Å². The molecule has 8 heteroatoms. The number of hydrogen-bond donors (Lipinski definition) is 0. The summed E-state index contributed by atoms with van der Waals surface area (Å²) in [7, 11) is -7.22. The third kappa shape index (κ3) is 3.95. The Labute approximate surface area is 119 Å². The Morgan fingerprint density at radius 1 is 1.40 bits per heavy atom. The van der Waals surface area contributed by atoms with Gasteiger partial charge in [-0.3, -0.25) is 0 Å². The molecule has 20 heavy (non-hydrogen) atoms. The van der Waals surface area contributed by atoms with E-state index in [-0.39, 0.29) is 11.4 Å². The number of nitrogens with zero attached hydrogens (tertiary/aromatic N) is 2. The van der Waals surface area contributed by atoms with E-state index in [4.69, 9.17) is 5.26 Å². The Kier molecular flexibility index (Phi) is 5.14. The summed E-state index contributed by atoms with van der Waals surface area (Å²) >= 11 is 0. The van der Waals surface area contributed by atoms with E-state index in [0.717, 1.165) is 22.7 Å². The minimum Gasteiger partial charge on any atom is -0.246 e. The molecule has 1 aromatic heterocycles. The molecule has 0 fully saturated rings. The van der Waals surface area contributed by atoms with Crippen LogP contribution in [0.3, 0.4) is 0 Å². The number of sulfone groups is 1. The van der Waals surface area contributed by atoms with Gasteiger partial charge in [0.25, 0.3) is 0 Å². The van der Waals surface area contributed by atoms with Crippen LogP contribution in [0.4, 0.5) is 0 Å². The Balaban J connectivity index is 3.30. The molecule has 0 aliphatic carbocycles. The SMILES string of the molecule is CCCCS(=O)(=O)n1cccc1/C=C(\C#N)S(C)(=O)=O. The predicted octanol–water partition coefficient (Wildman–Crippen LogP) is 1.38. The average Bonchev–Trinajstić information content (AvgIpc) is 2.81. The van der Waals surface area contributed by atoms with Crippen LogP contribution in [-0.4, -0.2) is 32.8 Å². The predicted molar refractivity (Wildman–Crippen MR) is 77.0 cm³/mol. The summed E-state index contributed by atoms with van der Waals surface area (Å²) in [6.07, 6.45) is 4.56. The molecule has 0 radical (unpaired) electrons. The topological polar surface area (TPSA) is 97.0 Å². The zero-order valence-corrected chi connectivity index (χ0v) is 12.9. The molecule has 0 N–H and O–H groups in total. The Morgan fingerprint density at radius 3 is 2.55 bits per heavy atom. The summed E-state index contributed by atoms with van der Waals surface area (Å²) in [6, 6.07) is 4.51. The lowest BCUT2D eigenvalue weighted by atomic mass is 10.4. The lowest BCUT2D eigenvalue weighted by Gasteiger charge is -2.07. The third-order valence-corrected chi connectivity index (χ3v) is 5.33. The Hall–Kier alpha value is -1.59. The average molecular weight is 316 g/mol. The van der Waals surface area contributed by atoms with E-state index in [1.54, 1.807) is 6.07 Å². The van der Waals surface area contributed by atoms with Crippen molar-refractivity contribution < 1.29 is 16.8 Å². The molecule has 0 saturated carbocycles. The van der Waals surface area contributed by atoms with Gasteiger partial charge in [-0.1, -0.05) is 13.3 Å². The van der Waals surface area contributed by atoms with Crippen LogP contribution in [0.1, 0.15) is 25.5 Å². The smallest absolute Gasteiger partial charge is 0.238 e. The molecule has 0 atom stereocenters. The van der Waals surface area contributed by atoms with Gasteiger partial charge in [-0.25, -0.2) is 20.8 Å². The van der Waals surface area contributed by atoms with Gasteiger partial charge in [0.2, 0.25) is 10.0 Å². The van der Waals surface area contributed by atoms with Crippen LogP contribution in [-0.2, 0) is 19.9 Å². The minimum absolute atomic E-state index is 0.0280. The van der Waals surface area contributed by atoms with Crippen molar-refractivity contribution >= 4 is 25.9 Å². The van der Waals surface area contributed by atoms with E-state index in [0.29, 0.717) is 6.42 Å². The van der Waals surface area contributed by atoms with Gasteiger partial charge in [-0.15, -0.1) is 0 Å². The van der Waals surface area contributed by atoms with Crippen molar-refractivity contribution in [3.63, 3.8) is 0 Å². The lowest BCUT2D eigenvalue weighted by molar-refractivity contribution is 0.583. The molecule has 0 amide bonds. The minimum atomic E-state index is -3.68. The summed E-state index contributed by atoms with van der Waals surface area (Å²) in [5.74, 6) is -0.0280. The number of rotatable bonds is 6. The fourth-order valence-electron chi connectivity index (χ4n) is 1.53. The van der Waals surface area contributed by atoms with Crippen molar-refractivity contribution in [2.75, 3.05) is 12.0 Å². The van der Waals surface area contributed by atoms with Gasteiger partial charge < -0.3 is 0 Å². The van der Waals surface area contributed by atoms with E-state index >= 15 is 0 Å². The van der Waals surface area contributed by atoms with E-state index in [2.05, 4.69) is 0 Å². The zero-order chi connectivity index (χ0) is 15.4. The summed E-state index contributed by atoms with van der Waals surface area (Å²) in [5.41, 5.74) is 0.156. The summed E-state index contributed by atoms with van der Waals surface area (Å²) in [5, 5.41) is 8.84. The van der Waals surface area contributed by atoms with Gasteiger partial charge in [0.1, 0.15) is 11.0 Å². The van der Waals surface area contributed by atoms with Gasteiger partial charge in [-0.05, 0) is 24.6 Å².